The van der Waals surface area contributed by atoms with E-state index in [0.29, 0.717) is 0 Å². The summed E-state index contributed by atoms with van der Waals surface area (Å²) in [6.45, 7) is 3.63. The Hall–Kier alpha value is -2.75. The number of carbonyl (C=O) groups excluding carboxylic acids is 4. The van der Waals surface area contributed by atoms with E-state index < -0.39 is 34.3 Å². The summed E-state index contributed by atoms with van der Waals surface area (Å²) >= 11 is 0.779. The minimum Gasteiger partial charge on any atom is -0.304 e. The molecule has 1 atom stereocenters. The maximum absolute atomic E-state index is 13.9. The lowest BCUT2D eigenvalue weighted by molar-refractivity contribution is -0.140. The molecule has 0 fully saturated rings. The predicted molar refractivity (Wildman–Crippen MR) is 87.6 cm³/mol. The molecule has 4 amide bonds. The van der Waals surface area contributed by atoms with Crippen molar-refractivity contribution in [1.29, 1.82) is 0 Å². The minimum atomic E-state index is -1.77. The van der Waals surface area contributed by atoms with E-state index in [9.17, 15) is 23.6 Å². The summed E-state index contributed by atoms with van der Waals surface area (Å²) in [5, 5.41) is 7.28. The summed E-state index contributed by atoms with van der Waals surface area (Å²) in [6.07, 6.45) is 0. The molecule has 8 nitrogen and oxygen atoms in total. The van der Waals surface area contributed by atoms with Crippen molar-refractivity contribution in [3.05, 3.63) is 29.6 Å². The number of hydrogen-bond acceptors (Lipinski definition) is 6. The van der Waals surface area contributed by atoms with Gasteiger partial charge in [-0.1, -0.05) is 0 Å². The molecule has 0 saturated carbocycles. The van der Waals surface area contributed by atoms with Crippen LogP contribution in [0.2, 0.25) is 0 Å². The zero-order valence-corrected chi connectivity index (χ0v) is 14.3. The van der Waals surface area contributed by atoms with Gasteiger partial charge in [-0.3, -0.25) is 19.2 Å². The topological polar surface area (TPSA) is 99.2 Å². The highest BCUT2D eigenvalue weighted by atomic mass is 32.2. The number of rotatable bonds is 0. The van der Waals surface area contributed by atoms with Gasteiger partial charge in [0.2, 0.25) is 22.6 Å². The first kappa shape index (κ1) is 17.1. The van der Waals surface area contributed by atoms with Crippen molar-refractivity contribution in [1.82, 2.24) is 10.3 Å². The summed E-state index contributed by atoms with van der Waals surface area (Å²) < 4.78 is 13.9. The number of fused-ring (bicyclic) bond motifs is 2. The Balaban J connectivity index is 2.22. The van der Waals surface area contributed by atoms with Gasteiger partial charge in [0, 0.05) is 26.3 Å². The van der Waals surface area contributed by atoms with Crippen LogP contribution in [0, 0.1) is 5.82 Å². The first-order valence-corrected chi connectivity index (χ1v) is 8.01. The van der Waals surface area contributed by atoms with Crippen LogP contribution in [0.25, 0.3) is 0 Å². The molecule has 0 unspecified atom stereocenters. The molecule has 1 spiro atoms. The number of benzene rings is 1. The van der Waals surface area contributed by atoms with E-state index in [1.807, 2.05) is 0 Å². The van der Waals surface area contributed by atoms with Crippen LogP contribution in [0.5, 0.6) is 0 Å². The number of nitrogens with one attached hydrogen (secondary N) is 1. The molecule has 3 rings (SSSR count). The number of thioether (sulfide) groups is 1. The fourth-order valence-electron chi connectivity index (χ4n) is 2.82. The second-order valence-electron chi connectivity index (χ2n) is 5.48. The smallest absolute Gasteiger partial charge is 0.277 e. The molecule has 0 aliphatic carbocycles. The number of hydrogen-bond donors (Lipinski definition) is 1. The van der Waals surface area contributed by atoms with Crippen LogP contribution in [-0.2, 0) is 24.0 Å². The van der Waals surface area contributed by atoms with E-state index in [1.165, 1.54) is 26.8 Å². The number of halogens is 1. The average molecular weight is 364 g/mol. The van der Waals surface area contributed by atoms with Gasteiger partial charge in [-0.05, 0) is 30.0 Å². The Labute approximate surface area is 146 Å². The fourth-order valence-corrected chi connectivity index (χ4v) is 4.13. The van der Waals surface area contributed by atoms with Crippen LogP contribution in [0.4, 0.5) is 10.1 Å². The van der Waals surface area contributed by atoms with Gasteiger partial charge in [0.1, 0.15) is 5.82 Å². The second-order valence-corrected chi connectivity index (χ2v) is 6.67. The van der Waals surface area contributed by atoms with Gasteiger partial charge >= 0.3 is 0 Å². The molecule has 2 aliphatic rings. The van der Waals surface area contributed by atoms with E-state index in [2.05, 4.69) is 10.4 Å². The quantitative estimate of drug-likeness (QED) is 0.737. The molecule has 2 heterocycles. The van der Waals surface area contributed by atoms with E-state index in [4.69, 9.17) is 0 Å². The molecule has 1 aromatic rings. The number of amides is 4. The first-order valence-electron chi connectivity index (χ1n) is 7.19. The number of carbonyl (C=O) groups is 4. The molecule has 1 aromatic carbocycles. The maximum Gasteiger partial charge on any atom is 0.277 e. The predicted octanol–water partition coefficient (Wildman–Crippen LogP) is 0.874. The zero-order valence-electron chi connectivity index (χ0n) is 13.5. The number of hydrazone groups is 1. The Morgan fingerprint density at radius 3 is 2.44 bits per heavy atom. The average Bonchev–Trinajstić information content (AvgIpc) is 2.98. The Morgan fingerprint density at radius 2 is 1.88 bits per heavy atom. The van der Waals surface area contributed by atoms with E-state index in [-0.39, 0.29) is 16.4 Å². The Morgan fingerprint density at radius 1 is 1.20 bits per heavy atom. The highest BCUT2D eigenvalue weighted by Gasteiger charge is 2.62. The lowest BCUT2D eigenvalue weighted by atomic mass is 10.1. The molecular formula is C15H13FN4O4S. The van der Waals surface area contributed by atoms with Crippen molar-refractivity contribution < 1.29 is 23.6 Å². The van der Waals surface area contributed by atoms with Crippen molar-refractivity contribution >= 4 is 46.2 Å². The zero-order chi connectivity index (χ0) is 18.5. The summed E-state index contributed by atoms with van der Waals surface area (Å²) in [4.78, 5) is 47.6. The van der Waals surface area contributed by atoms with E-state index in [0.717, 1.165) is 33.8 Å². The summed E-state index contributed by atoms with van der Waals surface area (Å²) in [7, 11) is 0. The molecule has 2 aliphatic heterocycles. The van der Waals surface area contributed by atoms with Gasteiger partial charge in [0.15, 0.2) is 5.17 Å². The highest BCUT2D eigenvalue weighted by molar-refractivity contribution is 8.15. The van der Waals surface area contributed by atoms with Gasteiger partial charge in [0.05, 0.1) is 5.69 Å². The lowest BCUT2D eigenvalue weighted by Crippen LogP contribution is -2.49. The number of amidine groups is 1. The number of anilines is 1. The molecule has 0 aromatic heterocycles. The van der Waals surface area contributed by atoms with E-state index in [1.54, 1.807) is 0 Å². The third-order valence-corrected chi connectivity index (χ3v) is 4.93. The van der Waals surface area contributed by atoms with Crippen LogP contribution in [0.3, 0.4) is 0 Å². The van der Waals surface area contributed by atoms with Crippen LogP contribution >= 0.6 is 11.8 Å². The first-order chi connectivity index (χ1) is 11.7. The van der Waals surface area contributed by atoms with Gasteiger partial charge in [0.25, 0.3) is 5.91 Å². The SMILES string of the molecule is CC(=O)NC1=NN(C(C)=O)[C@@]2(S1)C(=O)N(C(C)=O)c1ccc(F)cc12. The van der Waals surface area contributed by atoms with Gasteiger partial charge in [-0.2, -0.15) is 5.01 Å². The molecule has 0 radical (unpaired) electrons. The van der Waals surface area contributed by atoms with E-state index >= 15 is 0 Å². The third-order valence-electron chi connectivity index (χ3n) is 3.69. The molecule has 0 bridgehead atoms. The van der Waals surface area contributed by atoms with Crippen LogP contribution in [0.1, 0.15) is 26.3 Å². The molecule has 25 heavy (non-hydrogen) atoms. The van der Waals surface area contributed by atoms with Crippen molar-refractivity contribution in [3.8, 4) is 0 Å². The summed E-state index contributed by atoms with van der Waals surface area (Å²) in [6, 6.07) is 3.51. The second kappa shape index (κ2) is 5.66. The molecule has 10 heteroatoms. The lowest BCUT2D eigenvalue weighted by Gasteiger charge is -2.29. The summed E-state index contributed by atoms with van der Waals surface area (Å²) in [5.41, 5.74) is 0.300. The molecular weight excluding hydrogens is 351 g/mol. The van der Waals surface area contributed by atoms with Gasteiger partial charge < -0.3 is 5.32 Å². The molecule has 130 valence electrons. The van der Waals surface area contributed by atoms with Crippen LogP contribution in [0.15, 0.2) is 23.3 Å². The highest BCUT2D eigenvalue weighted by Crippen LogP contribution is 2.54. The Bertz CT molecular complexity index is 871. The number of nitrogens with zero attached hydrogens (tertiary/aromatic N) is 3. The van der Waals surface area contributed by atoms with Gasteiger partial charge in [-0.15, -0.1) is 5.10 Å². The third kappa shape index (κ3) is 2.40. The van der Waals surface area contributed by atoms with Crippen molar-refractivity contribution in [2.24, 2.45) is 5.10 Å². The maximum atomic E-state index is 13.9. The standard InChI is InChI=1S/C15H13FN4O4S/c1-7(21)17-14-18-20(9(3)23)15(25-14)11-6-10(16)4-5-12(11)19(8(2)22)13(15)24/h4-6H,1-3H3,(H,17,18,21)/t15-/m0/s1. The van der Waals surface area contributed by atoms with Gasteiger partial charge in [-0.25, -0.2) is 9.29 Å². The van der Waals surface area contributed by atoms with Crippen molar-refractivity contribution in [2.75, 3.05) is 4.90 Å². The van der Waals surface area contributed by atoms with Crippen LogP contribution < -0.4 is 10.2 Å². The van der Waals surface area contributed by atoms with Crippen molar-refractivity contribution in [2.45, 2.75) is 25.6 Å². The number of imide groups is 1. The largest absolute Gasteiger partial charge is 0.304 e. The monoisotopic (exact) mass is 364 g/mol. The molecule has 0 saturated heterocycles. The fraction of sp³-hybridized carbons (Fsp3) is 0.267. The Kier molecular flexibility index (Phi) is 3.87. The minimum absolute atomic E-state index is 0.0108. The normalized spacial score (nSPS) is 21.4. The summed E-state index contributed by atoms with van der Waals surface area (Å²) in [5.74, 6) is -2.99. The van der Waals surface area contributed by atoms with Crippen LogP contribution in [-0.4, -0.2) is 33.8 Å². The van der Waals surface area contributed by atoms with Crippen molar-refractivity contribution in [3.63, 3.8) is 0 Å². The molecule has 1 N–H and O–H groups in total.